The summed E-state index contributed by atoms with van der Waals surface area (Å²) in [6, 6.07) is 19.1. The largest absolute Gasteiger partial charge is 0.381 e. The second-order valence-electron chi connectivity index (χ2n) is 12.0. The van der Waals surface area contributed by atoms with Crippen molar-refractivity contribution in [3.05, 3.63) is 94.8 Å². The minimum absolute atomic E-state index is 0.147. The predicted octanol–water partition coefficient (Wildman–Crippen LogP) is 5.33. The van der Waals surface area contributed by atoms with Crippen LogP contribution in [-0.4, -0.2) is 63.1 Å². The zero-order valence-electron chi connectivity index (χ0n) is 25.5. The lowest BCUT2D eigenvalue weighted by Crippen LogP contribution is -2.58. The van der Waals surface area contributed by atoms with Crippen LogP contribution in [0.5, 0.6) is 0 Å². The average molecular weight is 657 g/mol. The number of hydrogen-bond acceptors (Lipinski definition) is 6. The van der Waals surface area contributed by atoms with Crippen molar-refractivity contribution in [3.63, 3.8) is 0 Å². The number of amides is 1. The topological polar surface area (TPSA) is 114 Å². The summed E-state index contributed by atoms with van der Waals surface area (Å²) in [7, 11) is -3.71. The first-order chi connectivity index (χ1) is 21.7. The second-order valence-corrected chi connectivity index (χ2v) is 14.3. The number of nitrogens with one attached hydrogen (secondary N) is 2. The van der Waals surface area contributed by atoms with Crippen LogP contribution in [0.3, 0.4) is 0 Å². The van der Waals surface area contributed by atoms with Crippen molar-refractivity contribution in [1.29, 1.82) is 0 Å². The number of benzene rings is 3. The van der Waals surface area contributed by atoms with Crippen LogP contribution in [0.2, 0.25) is 5.02 Å². The summed E-state index contributed by atoms with van der Waals surface area (Å²) in [5, 5.41) is 6.86. The molecule has 5 rings (SSSR count). The Kier molecular flexibility index (Phi) is 11.3. The average Bonchev–Trinajstić information content (AvgIpc) is 3.04. The van der Waals surface area contributed by atoms with Gasteiger partial charge < -0.3 is 21.1 Å². The fraction of sp³-hybridized carbons (Fsp3) is 0.441. The molecule has 0 aliphatic carbocycles. The van der Waals surface area contributed by atoms with Gasteiger partial charge >= 0.3 is 0 Å². The van der Waals surface area contributed by atoms with Crippen LogP contribution in [0, 0.1) is 11.7 Å². The van der Waals surface area contributed by atoms with E-state index in [9.17, 15) is 13.2 Å². The Hall–Kier alpha value is -2.86. The van der Waals surface area contributed by atoms with Crippen molar-refractivity contribution < 1.29 is 22.3 Å². The molecule has 0 aromatic heterocycles. The number of anilines is 1. The van der Waals surface area contributed by atoms with E-state index in [-0.39, 0.29) is 28.8 Å². The van der Waals surface area contributed by atoms with Gasteiger partial charge in [0, 0.05) is 60.6 Å². The molecule has 2 aliphatic heterocycles. The van der Waals surface area contributed by atoms with Crippen LogP contribution in [0.1, 0.15) is 49.7 Å². The van der Waals surface area contributed by atoms with Gasteiger partial charge in [0.25, 0.3) is 0 Å². The molecule has 0 bridgehead atoms. The lowest BCUT2D eigenvalue weighted by atomic mass is 9.76. The maximum absolute atomic E-state index is 15.2. The smallest absolute Gasteiger partial charge is 0.243 e. The Morgan fingerprint density at radius 3 is 2.49 bits per heavy atom. The van der Waals surface area contributed by atoms with Gasteiger partial charge in [-0.1, -0.05) is 48.0 Å². The molecule has 0 unspecified atom stereocenters. The monoisotopic (exact) mass is 656 g/mol. The molecule has 3 aromatic carbocycles. The normalized spacial score (nSPS) is 21.2. The van der Waals surface area contributed by atoms with Crippen molar-refractivity contribution >= 4 is 33.2 Å². The lowest BCUT2D eigenvalue weighted by molar-refractivity contribution is -0.118. The quantitative estimate of drug-likeness (QED) is 0.257. The molecule has 8 nitrogen and oxygen atoms in total. The second kappa shape index (κ2) is 15.2. The summed E-state index contributed by atoms with van der Waals surface area (Å²) >= 11 is 6.14. The highest BCUT2D eigenvalue weighted by Gasteiger charge is 2.38. The molecule has 4 atom stereocenters. The Morgan fingerprint density at radius 1 is 1.07 bits per heavy atom. The molecular weight excluding hydrogens is 615 g/mol. The summed E-state index contributed by atoms with van der Waals surface area (Å²) in [5.41, 5.74) is 8.35. The summed E-state index contributed by atoms with van der Waals surface area (Å²) < 4.78 is 49.6. The van der Waals surface area contributed by atoms with Gasteiger partial charge in [0.15, 0.2) is 0 Å². The molecule has 2 saturated heterocycles. The van der Waals surface area contributed by atoms with E-state index in [2.05, 4.69) is 10.6 Å². The lowest BCUT2D eigenvalue weighted by Gasteiger charge is -2.40. The third kappa shape index (κ3) is 7.93. The number of sulfonamides is 1. The minimum atomic E-state index is -3.71. The SMILES string of the molecule is C[C@H]1CNC[C@H](CCCc2c(F)cccc2NC(=O)[C@@H](N)[C@@H](c2ccc(Cl)cc2)C2CCOCC2)N1S(=O)(=O)c1ccccc1. The zero-order chi connectivity index (χ0) is 32.0. The fourth-order valence-corrected chi connectivity index (χ4v) is 8.72. The number of hydrogen-bond donors (Lipinski definition) is 3. The zero-order valence-corrected chi connectivity index (χ0v) is 27.1. The molecule has 1 amide bonds. The molecule has 4 N–H and O–H groups in total. The molecule has 242 valence electrons. The minimum Gasteiger partial charge on any atom is -0.381 e. The van der Waals surface area contributed by atoms with Crippen molar-refractivity contribution in [2.75, 3.05) is 31.6 Å². The van der Waals surface area contributed by atoms with Crippen molar-refractivity contribution in [2.45, 2.75) is 68.0 Å². The van der Waals surface area contributed by atoms with Gasteiger partial charge in [0.05, 0.1) is 10.9 Å². The molecule has 0 saturated carbocycles. The highest BCUT2D eigenvalue weighted by molar-refractivity contribution is 7.89. The van der Waals surface area contributed by atoms with Gasteiger partial charge in [0.2, 0.25) is 15.9 Å². The van der Waals surface area contributed by atoms with Crippen molar-refractivity contribution in [1.82, 2.24) is 9.62 Å². The van der Waals surface area contributed by atoms with Gasteiger partial charge in [-0.25, -0.2) is 12.8 Å². The third-order valence-corrected chi connectivity index (χ3v) is 11.3. The maximum Gasteiger partial charge on any atom is 0.243 e. The number of carbonyl (C=O) groups excluding carboxylic acids is 1. The third-order valence-electron chi connectivity index (χ3n) is 8.99. The van der Waals surface area contributed by atoms with E-state index in [4.69, 9.17) is 22.1 Å². The summed E-state index contributed by atoms with van der Waals surface area (Å²) in [6.45, 7) is 4.17. The highest BCUT2D eigenvalue weighted by atomic mass is 35.5. The maximum atomic E-state index is 15.2. The molecule has 2 heterocycles. The first-order valence-electron chi connectivity index (χ1n) is 15.6. The number of rotatable bonds is 11. The Bertz CT molecular complexity index is 1540. The van der Waals surface area contributed by atoms with E-state index in [1.54, 1.807) is 58.9 Å². The van der Waals surface area contributed by atoms with Gasteiger partial charge in [0.1, 0.15) is 5.82 Å². The van der Waals surface area contributed by atoms with Crippen LogP contribution in [0.15, 0.2) is 77.7 Å². The molecular formula is C34H42ClFN4O4S. The van der Waals surface area contributed by atoms with E-state index in [1.165, 1.54) is 6.07 Å². The number of halogens is 2. The van der Waals surface area contributed by atoms with Crippen LogP contribution in [-0.2, 0) is 26.0 Å². The summed E-state index contributed by atoms with van der Waals surface area (Å²) in [4.78, 5) is 13.9. The van der Waals surface area contributed by atoms with Crippen LogP contribution >= 0.6 is 11.6 Å². The standard InChI is InChI=1S/C34H42ClFN4O4S/c1-23-21-38-22-27(40(23)45(42,43)28-8-3-2-4-9-28)7-5-10-29-30(36)11-6-12-31(29)39-34(41)33(37)32(25-17-19-44-20-18-25)24-13-15-26(35)16-14-24/h2-4,6,8-9,11-16,23,25,27,32-33,38H,5,7,10,17-22,37H2,1H3,(H,39,41)/t23-,27-,32-,33-/m0/s1. The van der Waals surface area contributed by atoms with Crippen molar-refractivity contribution in [3.8, 4) is 0 Å². The van der Waals surface area contributed by atoms with Gasteiger partial charge in [-0.05, 0) is 86.9 Å². The Morgan fingerprint density at radius 2 is 1.78 bits per heavy atom. The van der Waals surface area contributed by atoms with Crippen molar-refractivity contribution in [2.24, 2.45) is 11.7 Å². The molecule has 45 heavy (non-hydrogen) atoms. The van der Waals surface area contributed by atoms with Crippen LogP contribution in [0.4, 0.5) is 10.1 Å². The number of nitrogens with zero attached hydrogens (tertiary/aromatic N) is 1. The van der Waals surface area contributed by atoms with E-state index in [0.29, 0.717) is 61.8 Å². The van der Waals surface area contributed by atoms with E-state index in [1.807, 2.05) is 19.1 Å². The first kappa shape index (κ1) is 33.5. The number of carbonyl (C=O) groups is 1. The van der Waals surface area contributed by atoms with Gasteiger partial charge in [-0.15, -0.1) is 0 Å². The fourth-order valence-electron chi connectivity index (χ4n) is 6.73. The van der Waals surface area contributed by atoms with E-state index >= 15 is 4.39 Å². The molecule has 3 aromatic rings. The summed E-state index contributed by atoms with van der Waals surface area (Å²) in [6.07, 6.45) is 2.93. The van der Waals surface area contributed by atoms with Gasteiger partial charge in [-0.2, -0.15) is 4.31 Å². The van der Waals surface area contributed by atoms with E-state index < -0.39 is 27.8 Å². The van der Waals surface area contributed by atoms with Crippen LogP contribution < -0.4 is 16.4 Å². The molecule has 0 radical (unpaired) electrons. The predicted molar refractivity (Wildman–Crippen MR) is 175 cm³/mol. The summed E-state index contributed by atoms with van der Waals surface area (Å²) in [5.74, 6) is -0.932. The molecule has 2 fully saturated rings. The number of ether oxygens (including phenoxy) is 1. The molecule has 2 aliphatic rings. The van der Waals surface area contributed by atoms with E-state index in [0.717, 1.165) is 18.4 Å². The Labute approximate surface area is 270 Å². The van der Waals surface area contributed by atoms with Gasteiger partial charge in [-0.3, -0.25) is 4.79 Å². The number of piperazine rings is 1. The highest BCUT2D eigenvalue weighted by Crippen LogP contribution is 2.36. The molecule has 11 heteroatoms. The Balaban J connectivity index is 1.30. The van der Waals surface area contributed by atoms with Crippen LogP contribution in [0.25, 0.3) is 0 Å². The molecule has 0 spiro atoms. The number of nitrogens with two attached hydrogens (primary N) is 1. The first-order valence-corrected chi connectivity index (χ1v) is 17.4.